The van der Waals surface area contributed by atoms with Gasteiger partial charge in [-0.25, -0.2) is 4.68 Å². The first-order valence-electron chi connectivity index (χ1n) is 13.2. The Labute approximate surface area is 247 Å². The highest BCUT2D eigenvalue weighted by molar-refractivity contribution is 9.10. The number of hydrogen-bond donors (Lipinski definition) is 3. The van der Waals surface area contributed by atoms with E-state index in [1.807, 2.05) is 0 Å². The molecule has 0 saturated heterocycles. The minimum absolute atomic E-state index is 0.0400. The predicted molar refractivity (Wildman–Crippen MR) is 155 cm³/mol. The van der Waals surface area contributed by atoms with Crippen LogP contribution >= 0.6 is 27.3 Å². The number of alkyl halides is 3. The molecule has 220 valence electrons. The average Bonchev–Trinajstić information content (AvgIpc) is 3.43. The van der Waals surface area contributed by atoms with E-state index in [1.54, 1.807) is 24.3 Å². The van der Waals surface area contributed by atoms with E-state index >= 15 is 0 Å². The zero-order valence-corrected chi connectivity index (χ0v) is 25.4. The number of methoxy groups -OCH3 is 1. The normalized spacial score (nSPS) is 20.5. The van der Waals surface area contributed by atoms with Crippen LogP contribution in [0.2, 0.25) is 0 Å². The molecule has 3 atom stereocenters. The molecule has 1 aliphatic carbocycles. The summed E-state index contributed by atoms with van der Waals surface area (Å²) in [6.07, 6.45) is -2.63. The molecule has 0 fully saturated rings. The Morgan fingerprint density at radius 3 is 2.49 bits per heavy atom. The first-order chi connectivity index (χ1) is 19.2. The van der Waals surface area contributed by atoms with Crippen LogP contribution in [0, 0.1) is 11.3 Å². The van der Waals surface area contributed by atoms with Crippen LogP contribution in [-0.2, 0) is 12.8 Å². The number of rotatable bonds is 5. The van der Waals surface area contributed by atoms with E-state index in [9.17, 15) is 22.8 Å². The van der Waals surface area contributed by atoms with Gasteiger partial charge < -0.3 is 21.1 Å². The van der Waals surface area contributed by atoms with Crippen molar-refractivity contribution in [3.05, 3.63) is 56.0 Å². The number of anilines is 2. The molecular weight excluding hydrogens is 623 g/mol. The largest absolute Gasteiger partial charge is 0.497 e. The van der Waals surface area contributed by atoms with Crippen molar-refractivity contribution in [1.82, 2.24) is 9.78 Å². The Kier molecular flexibility index (Phi) is 7.64. The number of aromatic nitrogens is 2. The number of nitrogens with zero attached hydrogens (tertiary/aromatic N) is 2. The molecule has 2 aliphatic rings. The van der Waals surface area contributed by atoms with Gasteiger partial charge in [-0.2, -0.15) is 18.3 Å². The first-order valence-corrected chi connectivity index (χ1v) is 14.8. The van der Waals surface area contributed by atoms with E-state index in [1.165, 1.54) is 18.4 Å². The number of nitrogens with two attached hydrogens (primary N) is 1. The van der Waals surface area contributed by atoms with Crippen molar-refractivity contribution in [2.45, 2.75) is 64.7 Å². The maximum absolute atomic E-state index is 14.2. The van der Waals surface area contributed by atoms with Crippen LogP contribution < -0.4 is 21.1 Å². The summed E-state index contributed by atoms with van der Waals surface area (Å²) in [5.74, 6) is -0.372. The summed E-state index contributed by atoms with van der Waals surface area (Å²) in [4.78, 5) is 26.9. The molecule has 3 aromatic rings. The third kappa shape index (κ3) is 5.57. The van der Waals surface area contributed by atoms with E-state index < -0.39 is 30.1 Å². The lowest BCUT2D eigenvalue weighted by Crippen LogP contribution is -2.35. The van der Waals surface area contributed by atoms with Crippen molar-refractivity contribution in [3.63, 3.8) is 0 Å². The van der Waals surface area contributed by atoms with Crippen molar-refractivity contribution in [1.29, 1.82) is 0 Å². The van der Waals surface area contributed by atoms with Gasteiger partial charge in [-0.1, -0.05) is 32.9 Å². The summed E-state index contributed by atoms with van der Waals surface area (Å²) >= 11 is 4.61. The van der Waals surface area contributed by atoms with Gasteiger partial charge in [-0.15, -0.1) is 11.3 Å². The van der Waals surface area contributed by atoms with Gasteiger partial charge in [-0.05, 0) is 69.8 Å². The molecule has 0 bridgehead atoms. The van der Waals surface area contributed by atoms with Crippen molar-refractivity contribution in [3.8, 4) is 5.75 Å². The number of primary amides is 1. The molecule has 4 N–H and O–H groups in total. The lowest BCUT2D eigenvalue weighted by molar-refractivity contribution is -0.173. The van der Waals surface area contributed by atoms with Crippen LogP contribution in [-0.4, -0.2) is 34.9 Å². The molecule has 0 unspecified atom stereocenters. The minimum Gasteiger partial charge on any atom is -0.497 e. The molecule has 41 heavy (non-hydrogen) atoms. The molecule has 2 amide bonds. The summed E-state index contributed by atoms with van der Waals surface area (Å²) < 4.78 is 48.8. The summed E-state index contributed by atoms with van der Waals surface area (Å²) in [7, 11) is 1.51. The van der Waals surface area contributed by atoms with Crippen molar-refractivity contribution in [2.75, 3.05) is 17.7 Å². The van der Waals surface area contributed by atoms with Crippen molar-refractivity contribution in [2.24, 2.45) is 17.1 Å². The van der Waals surface area contributed by atoms with Crippen LogP contribution in [0.3, 0.4) is 0 Å². The standard InChI is InChI=1S/C28H31BrF3N5O3S/c1-27(2,3)14-7-10-16-18(11-14)41-26(20(16)23(33)38)35-25(39)22-21(29)24-34-17(13-5-8-15(40-4)9-6-13)12-19(28(30,31)32)37(24)36-22/h5-6,8-9,14,17,19,34H,7,10-12H2,1-4H3,(H2,33,38)(H,35,39)/t14-,17+,19+/m0/s1. The lowest BCUT2D eigenvalue weighted by Gasteiger charge is -2.33. The van der Waals surface area contributed by atoms with Gasteiger partial charge in [0.2, 0.25) is 0 Å². The van der Waals surface area contributed by atoms with Crippen molar-refractivity contribution >= 4 is 49.9 Å². The van der Waals surface area contributed by atoms with Crippen LogP contribution in [0.5, 0.6) is 5.75 Å². The number of fused-ring (bicyclic) bond motifs is 2. The first kappa shape index (κ1) is 29.4. The number of thiophene rings is 1. The molecule has 8 nitrogen and oxygen atoms in total. The van der Waals surface area contributed by atoms with E-state index in [0.717, 1.165) is 28.0 Å². The highest BCUT2D eigenvalue weighted by atomic mass is 79.9. The number of hydrogen-bond acceptors (Lipinski definition) is 6. The number of nitrogens with one attached hydrogen (secondary N) is 2. The molecule has 5 rings (SSSR count). The quantitative estimate of drug-likeness (QED) is 0.278. The molecular formula is C28H31BrF3N5O3S. The van der Waals surface area contributed by atoms with E-state index in [4.69, 9.17) is 10.5 Å². The molecule has 1 aliphatic heterocycles. The molecule has 2 aromatic heterocycles. The van der Waals surface area contributed by atoms with Crippen LogP contribution in [0.4, 0.5) is 24.0 Å². The molecule has 0 radical (unpaired) electrons. The maximum atomic E-state index is 14.2. The summed E-state index contributed by atoms with van der Waals surface area (Å²) in [6.45, 7) is 6.52. The van der Waals surface area contributed by atoms with Gasteiger partial charge in [0.25, 0.3) is 11.8 Å². The number of amides is 2. The van der Waals surface area contributed by atoms with E-state index in [0.29, 0.717) is 23.7 Å². The number of halogens is 4. The maximum Gasteiger partial charge on any atom is 0.410 e. The van der Waals surface area contributed by atoms with Crippen LogP contribution in [0.25, 0.3) is 0 Å². The summed E-state index contributed by atoms with van der Waals surface area (Å²) in [6, 6.07) is 4.11. The second kappa shape index (κ2) is 10.6. The fourth-order valence-corrected chi connectivity index (χ4v) is 7.51. The minimum atomic E-state index is -4.61. The topological polar surface area (TPSA) is 111 Å². The number of carbonyl (C=O) groups excluding carboxylic acids is 2. The van der Waals surface area contributed by atoms with Gasteiger partial charge in [0.05, 0.1) is 23.2 Å². The Bertz CT molecular complexity index is 1490. The zero-order chi connectivity index (χ0) is 29.9. The van der Waals surface area contributed by atoms with Crippen LogP contribution in [0.1, 0.15) is 82.5 Å². The Morgan fingerprint density at radius 2 is 1.90 bits per heavy atom. The third-order valence-electron chi connectivity index (χ3n) is 7.99. The Hall–Kier alpha value is -3.06. The smallest absolute Gasteiger partial charge is 0.410 e. The Morgan fingerprint density at radius 1 is 1.22 bits per heavy atom. The van der Waals surface area contributed by atoms with Crippen molar-refractivity contribution < 1.29 is 27.5 Å². The van der Waals surface area contributed by atoms with Gasteiger partial charge in [0.1, 0.15) is 16.6 Å². The third-order valence-corrected chi connectivity index (χ3v) is 9.91. The fraction of sp³-hybridized carbons (Fsp3) is 0.464. The molecule has 0 spiro atoms. The van der Waals surface area contributed by atoms with E-state index in [-0.39, 0.29) is 38.4 Å². The van der Waals surface area contributed by atoms with Gasteiger partial charge >= 0.3 is 6.18 Å². The monoisotopic (exact) mass is 653 g/mol. The summed E-state index contributed by atoms with van der Waals surface area (Å²) in [5, 5.41) is 10.2. The predicted octanol–water partition coefficient (Wildman–Crippen LogP) is 6.88. The SMILES string of the molecule is COc1ccc([C@H]2C[C@H](C(F)(F)F)n3nc(C(=O)Nc4sc5c(c4C(N)=O)CC[C@H](C(C)(C)C)C5)c(Br)c3N2)cc1. The number of benzene rings is 1. The molecule has 1 aromatic carbocycles. The van der Waals surface area contributed by atoms with Gasteiger partial charge in [-0.3, -0.25) is 9.59 Å². The average molecular weight is 655 g/mol. The second-order valence-corrected chi connectivity index (χ2v) is 13.4. The molecule has 0 saturated carbocycles. The molecule has 13 heteroatoms. The fourth-order valence-electron chi connectivity index (χ4n) is 5.63. The highest BCUT2D eigenvalue weighted by Crippen LogP contribution is 2.47. The van der Waals surface area contributed by atoms with Crippen LogP contribution in [0.15, 0.2) is 28.7 Å². The second-order valence-electron chi connectivity index (χ2n) is 11.6. The highest BCUT2D eigenvalue weighted by Gasteiger charge is 2.48. The number of ether oxygens (including phenoxy) is 1. The van der Waals surface area contributed by atoms with Gasteiger partial charge in [0.15, 0.2) is 11.7 Å². The Balaban J connectivity index is 1.47. The van der Waals surface area contributed by atoms with Gasteiger partial charge in [0, 0.05) is 11.3 Å². The zero-order valence-electron chi connectivity index (χ0n) is 23.0. The summed E-state index contributed by atoms with van der Waals surface area (Å²) in [5.41, 5.74) is 7.30. The molecule has 3 heterocycles. The van der Waals surface area contributed by atoms with E-state index in [2.05, 4.69) is 52.4 Å². The number of carbonyl (C=O) groups is 2. The lowest BCUT2D eigenvalue weighted by atomic mass is 9.72.